The third-order valence-electron chi connectivity index (χ3n) is 2.47. The molecule has 1 aromatic heterocycles. The van der Waals surface area contributed by atoms with Crippen molar-refractivity contribution in [1.82, 2.24) is 5.32 Å². The number of amides is 1. The van der Waals surface area contributed by atoms with Crippen molar-refractivity contribution in [3.63, 3.8) is 0 Å². The lowest BCUT2D eigenvalue weighted by Gasteiger charge is -2.14. The van der Waals surface area contributed by atoms with Gasteiger partial charge in [-0.25, -0.2) is 0 Å². The molecule has 4 heteroatoms. The number of thiophene rings is 1. The fourth-order valence-corrected chi connectivity index (χ4v) is 2.15. The van der Waals surface area contributed by atoms with Crippen molar-refractivity contribution >= 4 is 17.2 Å². The maximum atomic E-state index is 11.8. The molecule has 0 bridgehead atoms. The first-order valence-corrected chi connectivity index (χ1v) is 6.70. The Labute approximate surface area is 110 Å². The number of rotatable bonds is 5. The van der Waals surface area contributed by atoms with Crippen LogP contribution in [0.4, 0.5) is 0 Å². The van der Waals surface area contributed by atoms with Crippen LogP contribution in [0.25, 0.3) is 0 Å². The maximum Gasteiger partial charge on any atom is 0.261 e. The van der Waals surface area contributed by atoms with E-state index in [1.54, 1.807) is 18.3 Å². The Balaban J connectivity index is 1.82. The molecule has 18 heavy (non-hydrogen) atoms. The molecule has 1 atom stereocenters. The van der Waals surface area contributed by atoms with E-state index in [4.69, 9.17) is 4.74 Å². The van der Waals surface area contributed by atoms with Gasteiger partial charge >= 0.3 is 0 Å². The van der Waals surface area contributed by atoms with E-state index in [1.807, 2.05) is 47.2 Å². The fourth-order valence-electron chi connectivity index (χ4n) is 1.48. The Bertz CT molecular complexity index is 482. The lowest BCUT2D eigenvalue weighted by atomic mass is 10.3. The van der Waals surface area contributed by atoms with Gasteiger partial charge in [0, 0.05) is 6.54 Å². The molecule has 1 heterocycles. The number of hydrogen-bond donors (Lipinski definition) is 1. The Morgan fingerprint density at radius 1 is 1.33 bits per heavy atom. The van der Waals surface area contributed by atoms with Crippen molar-refractivity contribution in [2.75, 3.05) is 0 Å². The van der Waals surface area contributed by atoms with Gasteiger partial charge in [-0.15, -0.1) is 0 Å². The summed E-state index contributed by atoms with van der Waals surface area (Å²) in [6, 6.07) is 11.3. The minimum Gasteiger partial charge on any atom is -0.481 e. The summed E-state index contributed by atoms with van der Waals surface area (Å²) in [5.41, 5.74) is 1.11. The standard InChI is InChI=1S/C14H15NO2S/c1-11(17-13-5-3-2-4-6-13)14(16)15-9-12-7-8-18-10-12/h2-8,10-11H,9H2,1H3,(H,15,16). The topological polar surface area (TPSA) is 38.3 Å². The lowest BCUT2D eigenvalue weighted by molar-refractivity contribution is -0.127. The first-order chi connectivity index (χ1) is 8.75. The van der Waals surface area contributed by atoms with Crippen LogP contribution >= 0.6 is 11.3 Å². The second-order valence-electron chi connectivity index (χ2n) is 3.92. The molecule has 2 rings (SSSR count). The monoisotopic (exact) mass is 261 g/mol. The fraction of sp³-hybridized carbons (Fsp3) is 0.214. The zero-order valence-corrected chi connectivity index (χ0v) is 10.9. The van der Waals surface area contributed by atoms with Crippen molar-refractivity contribution in [2.45, 2.75) is 19.6 Å². The largest absolute Gasteiger partial charge is 0.481 e. The molecule has 1 amide bonds. The van der Waals surface area contributed by atoms with Gasteiger partial charge < -0.3 is 10.1 Å². The van der Waals surface area contributed by atoms with E-state index in [-0.39, 0.29) is 5.91 Å². The van der Waals surface area contributed by atoms with Crippen LogP contribution in [0.5, 0.6) is 5.75 Å². The van der Waals surface area contributed by atoms with E-state index in [1.165, 1.54) is 0 Å². The number of para-hydroxylation sites is 1. The van der Waals surface area contributed by atoms with E-state index in [0.717, 1.165) is 5.56 Å². The van der Waals surface area contributed by atoms with Gasteiger partial charge in [-0.3, -0.25) is 4.79 Å². The minimum atomic E-state index is -0.494. The van der Waals surface area contributed by atoms with Gasteiger partial charge in [0.15, 0.2) is 6.10 Å². The molecule has 1 N–H and O–H groups in total. The molecule has 0 aliphatic heterocycles. The van der Waals surface area contributed by atoms with Crippen LogP contribution in [-0.2, 0) is 11.3 Å². The van der Waals surface area contributed by atoms with Gasteiger partial charge in [0.1, 0.15) is 5.75 Å². The van der Waals surface area contributed by atoms with Crippen LogP contribution < -0.4 is 10.1 Å². The number of nitrogens with one attached hydrogen (secondary N) is 1. The molecule has 94 valence electrons. The second kappa shape index (κ2) is 6.21. The Morgan fingerprint density at radius 3 is 2.78 bits per heavy atom. The van der Waals surface area contributed by atoms with Crippen LogP contribution in [0.2, 0.25) is 0 Å². The molecule has 0 radical (unpaired) electrons. The quantitative estimate of drug-likeness (QED) is 0.898. The molecule has 2 aromatic rings. The second-order valence-corrected chi connectivity index (χ2v) is 4.70. The minimum absolute atomic E-state index is 0.106. The highest BCUT2D eigenvalue weighted by Gasteiger charge is 2.13. The SMILES string of the molecule is CC(Oc1ccccc1)C(=O)NCc1ccsc1. The zero-order chi connectivity index (χ0) is 12.8. The van der Waals surface area contributed by atoms with E-state index >= 15 is 0 Å². The first kappa shape index (κ1) is 12.6. The van der Waals surface area contributed by atoms with Crippen molar-refractivity contribution < 1.29 is 9.53 Å². The van der Waals surface area contributed by atoms with Gasteiger partial charge in [0.05, 0.1) is 0 Å². The summed E-state index contributed by atoms with van der Waals surface area (Å²) < 4.78 is 5.54. The van der Waals surface area contributed by atoms with Crippen LogP contribution in [0, 0.1) is 0 Å². The molecule has 0 aliphatic carbocycles. The molecule has 0 spiro atoms. The van der Waals surface area contributed by atoms with Gasteiger partial charge in [0.2, 0.25) is 0 Å². The Hall–Kier alpha value is -1.81. The summed E-state index contributed by atoms with van der Waals surface area (Å²) in [5.74, 6) is 0.598. The Kier molecular flexibility index (Phi) is 4.36. The molecular formula is C14H15NO2S. The molecular weight excluding hydrogens is 246 g/mol. The average molecular weight is 261 g/mol. The molecule has 1 aromatic carbocycles. The molecule has 0 saturated heterocycles. The summed E-state index contributed by atoms with van der Waals surface area (Å²) in [5, 5.41) is 6.86. The summed E-state index contributed by atoms with van der Waals surface area (Å²) in [4.78, 5) is 11.8. The van der Waals surface area contributed by atoms with E-state index in [0.29, 0.717) is 12.3 Å². The van der Waals surface area contributed by atoms with Crippen LogP contribution in [0.1, 0.15) is 12.5 Å². The van der Waals surface area contributed by atoms with Crippen LogP contribution in [0.15, 0.2) is 47.2 Å². The predicted octanol–water partition coefficient (Wildman–Crippen LogP) is 2.83. The van der Waals surface area contributed by atoms with Gasteiger partial charge in [-0.2, -0.15) is 11.3 Å². The zero-order valence-electron chi connectivity index (χ0n) is 10.1. The summed E-state index contributed by atoms with van der Waals surface area (Å²) in [6.07, 6.45) is -0.494. The highest BCUT2D eigenvalue weighted by atomic mass is 32.1. The predicted molar refractivity (Wildman–Crippen MR) is 72.7 cm³/mol. The van der Waals surface area contributed by atoms with E-state index < -0.39 is 6.10 Å². The Morgan fingerprint density at radius 2 is 2.11 bits per heavy atom. The number of ether oxygens (including phenoxy) is 1. The smallest absolute Gasteiger partial charge is 0.261 e. The van der Waals surface area contributed by atoms with Crippen molar-refractivity contribution in [3.8, 4) is 5.75 Å². The van der Waals surface area contributed by atoms with E-state index in [2.05, 4.69) is 5.32 Å². The third-order valence-corrected chi connectivity index (χ3v) is 3.20. The van der Waals surface area contributed by atoms with Gasteiger partial charge in [0.25, 0.3) is 5.91 Å². The number of hydrogen-bond acceptors (Lipinski definition) is 3. The summed E-state index contributed by atoms with van der Waals surface area (Å²) >= 11 is 1.62. The molecule has 1 unspecified atom stereocenters. The van der Waals surface area contributed by atoms with Crippen LogP contribution in [-0.4, -0.2) is 12.0 Å². The average Bonchev–Trinajstić information content (AvgIpc) is 2.90. The van der Waals surface area contributed by atoms with E-state index in [9.17, 15) is 4.79 Å². The first-order valence-electron chi connectivity index (χ1n) is 5.76. The van der Waals surface area contributed by atoms with Crippen molar-refractivity contribution in [1.29, 1.82) is 0 Å². The van der Waals surface area contributed by atoms with Gasteiger partial charge in [-0.05, 0) is 41.4 Å². The lowest BCUT2D eigenvalue weighted by Crippen LogP contribution is -2.35. The third kappa shape index (κ3) is 3.60. The van der Waals surface area contributed by atoms with Gasteiger partial charge in [-0.1, -0.05) is 18.2 Å². The highest BCUT2D eigenvalue weighted by molar-refractivity contribution is 7.07. The number of carbonyl (C=O) groups excluding carboxylic acids is 1. The number of carbonyl (C=O) groups is 1. The molecule has 3 nitrogen and oxygen atoms in total. The molecule has 0 saturated carbocycles. The van der Waals surface area contributed by atoms with Crippen molar-refractivity contribution in [3.05, 3.63) is 52.7 Å². The van der Waals surface area contributed by atoms with Crippen LogP contribution in [0.3, 0.4) is 0 Å². The number of benzene rings is 1. The maximum absolute atomic E-state index is 11.8. The molecule has 0 aliphatic rings. The normalized spacial score (nSPS) is 11.8. The molecule has 0 fully saturated rings. The summed E-state index contributed by atoms with van der Waals surface area (Å²) in [7, 11) is 0. The van der Waals surface area contributed by atoms with Crippen molar-refractivity contribution in [2.24, 2.45) is 0 Å². The summed E-state index contributed by atoms with van der Waals surface area (Å²) in [6.45, 7) is 2.29. The highest BCUT2D eigenvalue weighted by Crippen LogP contribution is 2.11.